The van der Waals surface area contributed by atoms with Crippen LogP contribution in [0.4, 0.5) is 0 Å². The summed E-state index contributed by atoms with van der Waals surface area (Å²) < 4.78 is 1.97. The van der Waals surface area contributed by atoms with Crippen LogP contribution < -0.4 is 0 Å². The van der Waals surface area contributed by atoms with E-state index < -0.39 is 5.54 Å². The van der Waals surface area contributed by atoms with Gasteiger partial charge in [0, 0.05) is 0 Å². The van der Waals surface area contributed by atoms with E-state index in [4.69, 9.17) is 0 Å². The monoisotopic (exact) mass is 492 g/mol. The molecule has 0 aliphatic rings. The molecule has 0 saturated heterocycles. The molecule has 184 valence electrons. The van der Waals surface area contributed by atoms with E-state index in [9.17, 15) is 0 Å². The lowest BCUT2D eigenvalue weighted by atomic mass is 9.72. The number of hydrogen-bond donors (Lipinski definition) is 0. The molecule has 38 heavy (non-hydrogen) atoms. The molecule has 6 aromatic rings. The van der Waals surface area contributed by atoms with E-state index in [2.05, 4.69) is 144 Å². The van der Waals surface area contributed by atoms with Crippen LogP contribution in [0.5, 0.6) is 0 Å². The average molecular weight is 493 g/mol. The van der Waals surface area contributed by atoms with Crippen LogP contribution >= 0.6 is 0 Å². The van der Waals surface area contributed by atoms with Gasteiger partial charge in [-0.25, -0.2) is 4.68 Å². The van der Waals surface area contributed by atoms with Gasteiger partial charge in [0.25, 0.3) is 0 Å². The predicted molar refractivity (Wildman–Crippen MR) is 153 cm³/mol. The molecule has 1 aromatic heterocycles. The second-order valence-corrected chi connectivity index (χ2v) is 9.54. The van der Waals surface area contributed by atoms with E-state index >= 15 is 0 Å². The van der Waals surface area contributed by atoms with Gasteiger partial charge >= 0.3 is 0 Å². The highest BCUT2D eigenvalue weighted by atomic mass is 15.6. The van der Waals surface area contributed by atoms with Gasteiger partial charge in [-0.3, -0.25) is 0 Å². The van der Waals surface area contributed by atoms with Gasteiger partial charge in [0.05, 0.1) is 0 Å². The van der Waals surface area contributed by atoms with Crippen LogP contribution in [0.25, 0.3) is 22.3 Å². The van der Waals surface area contributed by atoms with Crippen molar-refractivity contribution in [1.82, 2.24) is 20.2 Å². The van der Waals surface area contributed by atoms with Crippen LogP contribution in [-0.2, 0) is 5.54 Å². The van der Waals surface area contributed by atoms with Crippen LogP contribution in [-0.4, -0.2) is 20.2 Å². The number of nitrogens with zero attached hydrogens (tertiary/aromatic N) is 4. The minimum absolute atomic E-state index is 0.734. The fraction of sp³-hybridized carbons (Fsp3) is 0.0882. The average Bonchev–Trinajstić information content (AvgIpc) is 3.41. The molecule has 0 fully saturated rings. The largest absolute Gasteiger partial charge is 0.210 e. The first-order valence-electron chi connectivity index (χ1n) is 12.8. The van der Waals surface area contributed by atoms with Gasteiger partial charge in [-0.1, -0.05) is 139 Å². The summed E-state index contributed by atoms with van der Waals surface area (Å²) in [6, 6.07) is 47.1. The second-order valence-electron chi connectivity index (χ2n) is 9.54. The molecular formula is C34H28N4. The maximum Gasteiger partial charge on any atom is 0.150 e. The van der Waals surface area contributed by atoms with Gasteiger partial charge < -0.3 is 0 Å². The Hall–Kier alpha value is -4.83. The Bertz CT molecular complexity index is 1620. The molecule has 0 saturated carbocycles. The van der Waals surface area contributed by atoms with Crippen LogP contribution in [0.15, 0.2) is 133 Å². The highest BCUT2D eigenvalue weighted by Gasteiger charge is 2.43. The zero-order valence-corrected chi connectivity index (χ0v) is 21.5. The fourth-order valence-corrected chi connectivity index (χ4v) is 5.48. The summed E-state index contributed by atoms with van der Waals surface area (Å²) >= 11 is 0. The highest BCUT2D eigenvalue weighted by molar-refractivity contribution is 5.87. The minimum Gasteiger partial charge on any atom is -0.210 e. The molecule has 4 heteroatoms. The van der Waals surface area contributed by atoms with Crippen molar-refractivity contribution in [2.75, 3.05) is 0 Å². The van der Waals surface area contributed by atoms with Crippen LogP contribution in [0, 0.1) is 13.8 Å². The summed E-state index contributed by atoms with van der Waals surface area (Å²) in [5, 5.41) is 13.1. The van der Waals surface area contributed by atoms with Crippen molar-refractivity contribution < 1.29 is 0 Å². The van der Waals surface area contributed by atoms with Crippen molar-refractivity contribution in [2.24, 2.45) is 0 Å². The molecule has 4 nitrogen and oxygen atoms in total. The molecule has 0 radical (unpaired) electrons. The zero-order valence-electron chi connectivity index (χ0n) is 21.5. The summed E-state index contributed by atoms with van der Waals surface area (Å²) in [5.41, 5.74) is 8.30. The van der Waals surface area contributed by atoms with Crippen LogP contribution in [0.1, 0.15) is 28.1 Å². The van der Waals surface area contributed by atoms with Gasteiger partial charge in [0.2, 0.25) is 0 Å². The topological polar surface area (TPSA) is 43.6 Å². The lowest BCUT2D eigenvalue weighted by molar-refractivity contribution is 0.438. The normalized spacial score (nSPS) is 11.4. The van der Waals surface area contributed by atoms with Gasteiger partial charge in [-0.05, 0) is 63.2 Å². The van der Waals surface area contributed by atoms with Gasteiger partial charge in [0.15, 0.2) is 0 Å². The van der Waals surface area contributed by atoms with E-state index in [1.165, 1.54) is 5.56 Å². The summed E-state index contributed by atoms with van der Waals surface area (Å²) in [6.07, 6.45) is 0. The Labute approximate surface area is 223 Å². The maximum atomic E-state index is 4.62. The molecule has 0 atom stereocenters. The van der Waals surface area contributed by atoms with Gasteiger partial charge in [0.1, 0.15) is 11.4 Å². The molecule has 6 rings (SSSR count). The van der Waals surface area contributed by atoms with Gasteiger partial charge in [-0.15, -0.1) is 5.10 Å². The Morgan fingerprint density at radius 1 is 0.553 bits per heavy atom. The predicted octanol–water partition coefficient (Wildman–Crippen LogP) is 7.46. The summed E-state index contributed by atoms with van der Waals surface area (Å²) in [4.78, 5) is 0. The van der Waals surface area contributed by atoms with Crippen molar-refractivity contribution >= 4 is 0 Å². The van der Waals surface area contributed by atoms with Crippen LogP contribution in [0.2, 0.25) is 0 Å². The number of aromatic nitrogens is 4. The van der Waals surface area contributed by atoms with Gasteiger partial charge in [-0.2, -0.15) is 0 Å². The Morgan fingerprint density at radius 3 is 1.68 bits per heavy atom. The molecule has 0 aliphatic carbocycles. The number of hydrogen-bond acceptors (Lipinski definition) is 3. The summed E-state index contributed by atoms with van der Waals surface area (Å²) in [7, 11) is 0. The first-order valence-corrected chi connectivity index (χ1v) is 12.8. The molecule has 0 unspecified atom stereocenters. The third kappa shape index (κ3) is 3.91. The lowest BCUT2D eigenvalue weighted by Gasteiger charge is -2.38. The van der Waals surface area contributed by atoms with E-state index in [1.807, 2.05) is 23.7 Å². The number of aryl methyl sites for hydroxylation is 2. The van der Waals surface area contributed by atoms with Crippen molar-refractivity contribution in [1.29, 1.82) is 0 Å². The molecule has 0 amide bonds. The van der Waals surface area contributed by atoms with E-state index in [-0.39, 0.29) is 0 Å². The molecule has 0 aliphatic heterocycles. The first-order chi connectivity index (χ1) is 18.7. The molecule has 0 spiro atoms. The highest BCUT2D eigenvalue weighted by Crippen LogP contribution is 2.47. The zero-order chi connectivity index (χ0) is 26.0. The Balaban J connectivity index is 1.82. The van der Waals surface area contributed by atoms with E-state index in [0.29, 0.717) is 0 Å². The number of benzene rings is 5. The van der Waals surface area contributed by atoms with Crippen molar-refractivity contribution in [3.8, 4) is 22.3 Å². The quantitative estimate of drug-likeness (QED) is 0.227. The molecule has 1 heterocycles. The molecule has 0 bridgehead atoms. The second kappa shape index (κ2) is 9.91. The summed E-state index contributed by atoms with van der Waals surface area (Å²) in [6.45, 7) is 4.09. The Morgan fingerprint density at radius 2 is 1.13 bits per heavy atom. The van der Waals surface area contributed by atoms with Crippen LogP contribution in [0.3, 0.4) is 0 Å². The maximum absolute atomic E-state index is 4.62. The van der Waals surface area contributed by atoms with E-state index in [1.54, 1.807) is 0 Å². The van der Waals surface area contributed by atoms with E-state index in [0.717, 1.165) is 44.8 Å². The molecule has 5 aromatic carbocycles. The molecule has 0 N–H and O–H groups in total. The van der Waals surface area contributed by atoms with Crippen molar-refractivity contribution in [3.05, 3.63) is 162 Å². The summed E-state index contributed by atoms with van der Waals surface area (Å²) in [5.74, 6) is 0.734. The lowest BCUT2D eigenvalue weighted by Crippen LogP contribution is -2.40. The van der Waals surface area contributed by atoms with Crippen molar-refractivity contribution in [3.63, 3.8) is 0 Å². The first kappa shape index (κ1) is 23.6. The smallest absolute Gasteiger partial charge is 0.150 e. The number of tetrazole rings is 1. The van der Waals surface area contributed by atoms with Crippen molar-refractivity contribution in [2.45, 2.75) is 19.4 Å². The third-order valence-corrected chi connectivity index (χ3v) is 7.21. The molecular weight excluding hydrogens is 464 g/mol. The third-order valence-electron chi connectivity index (χ3n) is 7.21. The minimum atomic E-state index is -0.818. The standard InChI is InChI=1S/C34H28N4/c1-25-21-23-28(24-22-25)33-31(27-13-6-3-7-14-27)19-12-20-32(33)34(29-15-8-4-9-16-29,30-17-10-5-11-18-30)38-26(2)35-36-37-38/h3-24H,1-2H3. The number of rotatable bonds is 6. The fourth-order valence-electron chi connectivity index (χ4n) is 5.48. The Kier molecular flexibility index (Phi) is 6.14. The SMILES string of the molecule is Cc1ccc(-c2c(-c3ccccc3)cccc2C(c2ccccc2)(c2ccccc2)n2nnnc2C)cc1.